The number of nitrogens with zero attached hydrogens (tertiary/aromatic N) is 1. The minimum absolute atomic E-state index is 0.0211. The van der Waals surface area contributed by atoms with E-state index in [2.05, 4.69) is 25.8 Å². The quantitative estimate of drug-likeness (QED) is 0.579. The van der Waals surface area contributed by atoms with E-state index in [9.17, 15) is 15.3 Å². The van der Waals surface area contributed by atoms with Crippen molar-refractivity contribution >= 4 is 10.8 Å². The average Bonchev–Trinajstić information content (AvgIpc) is 2.66. The van der Waals surface area contributed by atoms with Crippen LogP contribution in [0.5, 0.6) is 23.0 Å². The highest BCUT2D eigenvalue weighted by Crippen LogP contribution is 2.49. The molecule has 0 radical (unpaired) electrons. The Kier molecular flexibility index (Phi) is 4.58. The topological polar surface area (TPSA) is 73.2 Å². The van der Waals surface area contributed by atoms with Crippen molar-refractivity contribution in [2.24, 2.45) is 0 Å². The molecule has 0 aromatic heterocycles. The fraction of sp³-hybridized carbons (Fsp3) is 0.333. The molecule has 0 saturated heterocycles. The SMILES string of the molecule is COc1cc(C)cc2c(-c3c(O)cc(O)c4c3C[C@H](C)N(C)[C@@H]4C)ccc(O)c12. The summed E-state index contributed by atoms with van der Waals surface area (Å²) < 4.78 is 5.52. The van der Waals surface area contributed by atoms with E-state index in [1.165, 1.54) is 6.07 Å². The number of ether oxygens (including phenoxy) is 1. The lowest BCUT2D eigenvalue weighted by atomic mass is 9.82. The maximum atomic E-state index is 10.9. The number of methoxy groups -OCH3 is 1. The van der Waals surface area contributed by atoms with Gasteiger partial charge in [0.25, 0.3) is 0 Å². The number of phenols is 3. The number of aromatic hydroxyl groups is 3. The first kappa shape index (κ1) is 19.4. The van der Waals surface area contributed by atoms with E-state index in [1.807, 2.05) is 25.1 Å². The highest BCUT2D eigenvalue weighted by molar-refractivity contribution is 6.05. The van der Waals surface area contributed by atoms with E-state index in [0.29, 0.717) is 23.1 Å². The summed E-state index contributed by atoms with van der Waals surface area (Å²) in [5.41, 5.74) is 4.32. The molecule has 0 bridgehead atoms. The van der Waals surface area contributed by atoms with Gasteiger partial charge in [-0.25, -0.2) is 0 Å². The van der Waals surface area contributed by atoms with Crippen molar-refractivity contribution in [2.75, 3.05) is 14.2 Å². The van der Waals surface area contributed by atoms with Crippen molar-refractivity contribution in [1.29, 1.82) is 0 Å². The Morgan fingerprint density at radius 2 is 1.72 bits per heavy atom. The summed E-state index contributed by atoms with van der Waals surface area (Å²) in [6, 6.07) is 9.06. The molecular weight excluding hydrogens is 366 g/mol. The molecule has 4 rings (SSSR count). The first-order valence-electron chi connectivity index (χ1n) is 9.84. The molecule has 3 aromatic carbocycles. The highest BCUT2D eigenvalue weighted by atomic mass is 16.5. The van der Waals surface area contributed by atoms with Gasteiger partial charge in [0.1, 0.15) is 23.0 Å². The van der Waals surface area contributed by atoms with Crippen LogP contribution in [-0.4, -0.2) is 40.4 Å². The largest absolute Gasteiger partial charge is 0.507 e. The molecule has 5 heteroatoms. The van der Waals surface area contributed by atoms with Crippen LogP contribution in [0.2, 0.25) is 0 Å². The molecule has 5 nitrogen and oxygen atoms in total. The molecule has 29 heavy (non-hydrogen) atoms. The third-order valence-electron chi connectivity index (χ3n) is 6.35. The van der Waals surface area contributed by atoms with Crippen LogP contribution in [0, 0.1) is 6.92 Å². The first-order valence-corrected chi connectivity index (χ1v) is 9.84. The standard InChI is InChI=1S/C24H27NO4/c1-12-8-16-15(6-7-18(26)24(16)21(9-12)29-5)23-17-10-13(2)25(4)14(3)22(17)19(27)11-20(23)28/h6-9,11,13-14,26-28H,10H2,1-5H3/t13-,14+/m0/s1. The maximum absolute atomic E-state index is 10.9. The lowest BCUT2D eigenvalue weighted by molar-refractivity contribution is 0.176. The molecular formula is C24H27NO4. The van der Waals surface area contributed by atoms with Crippen molar-refractivity contribution in [3.63, 3.8) is 0 Å². The second-order valence-corrected chi connectivity index (χ2v) is 8.10. The predicted octanol–water partition coefficient (Wildman–Crippen LogP) is 4.88. The lowest BCUT2D eigenvalue weighted by Crippen LogP contribution is -2.38. The third kappa shape index (κ3) is 2.88. The zero-order valence-corrected chi connectivity index (χ0v) is 17.4. The lowest BCUT2D eigenvalue weighted by Gasteiger charge is -2.39. The van der Waals surface area contributed by atoms with Crippen LogP contribution in [0.4, 0.5) is 0 Å². The fourth-order valence-electron chi connectivity index (χ4n) is 4.67. The van der Waals surface area contributed by atoms with E-state index in [0.717, 1.165) is 27.6 Å². The van der Waals surface area contributed by atoms with Crippen molar-refractivity contribution in [3.05, 3.63) is 47.0 Å². The molecule has 152 valence electrons. The van der Waals surface area contributed by atoms with Gasteiger partial charge in [-0.05, 0) is 74.5 Å². The maximum Gasteiger partial charge on any atom is 0.130 e. The van der Waals surface area contributed by atoms with Gasteiger partial charge < -0.3 is 20.1 Å². The number of likely N-dealkylation sites (N-methyl/N-ethyl adjacent to an activating group) is 1. The minimum Gasteiger partial charge on any atom is -0.507 e. The van der Waals surface area contributed by atoms with Gasteiger partial charge in [0.05, 0.1) is 12.5 Å². The summed E-state index contributed by atoms with van der Waals surface area (Å²) >= 11 is 0. The molecule has 0 saturated carbocycles. The average molecular weight is 393 g/mol. The predicted molar refractivity (Wildman–Crippen MR) is 115 cm³/mol. The number of benzene rings is 3. The van der Waals surface area contributed by atoms with Gasteiger partial charge in [-0.1, -0.05) is 6.07 Å². The summed E-state index contributed by atoms with van der Waals surface area (Å²) in [6.07, 6.45) is 0.707. The van der Waals surface area contributed by atoms with Gasteiger partial charge in [0, 0.05) is 29.3 Å². The van der Waals surface area contributed by atoms with Gasteiger partial charge in [0.2, 0.25) is 0 Å². The highest BCUT2D eigenvalue weighted by Gasteiger charge is 2.33. The molecule has 0 unspecified atom stereocenters. The Morgan fingerprint density at radius 1 is 1.00 bits per heavy atom. The van der Waals surface area contributed by atoms with Crippen LogP contribution in [0.15, 0.2) is 30.3 Å². The minimum atomic E-state index is 0.0211. The van der Waals surface area contributed by atoms with Crippen molar-refractivity contribution in [1.82, 2.24) is 4.90 Å². The number of rotatable bonds is 2. The van der Waals surface area contributed by atoms with Crippen LogP contribution in [0.3, 0.4) is 0 Å². The van der Waals surface area contributed by atoms with Crippen molar-refractivity contribution < 1.29 is 20.1 Å². The van der Waals surface area contributed by atoms with Crippen LogP contribution < -0.4 is 4.74 Å². The Morgan fingerprint density at radius 3 is 2.41 bits per heavy atom. The van der Waals surface area contributed by atoms with E-state index in [1.54, 1.807) is 13.2 Å². The van der Waals surface area contributed by atoms with Gasteiger partial charge in [-0.15, -0.1) is 0 Å². The van der Waals surface area contributed by atoms with Crippen molar-refractivity contribution in [2.45, 2.75) is 39.3 Å². The summed E-state index contributed by atoms with van der Waals surface area (Å²) in [6.45, 7) is 6.19. The van der Waals surface area contributed by atoms with Gasteiger partial charge in [-0.2, -0.15) is 0 Å². The van der Waals surface area contributed by atoms with Gasteiger partial charge >= 0.3 is 0 Å². The Labute approximate surface area is 170 Å². The molecule has 3 N–H and O–H groups in total. The number of aryl methyl sites for hydroxylation is 1. The van der Waals surface area contributed by atoms with Gasteiger partial charge in [0.15, 0.2) is 0 Å². The smallest absolute Gasteiger partial charge is 0.130 e. The van der Waals surface area contributed by atoms with Crippen molar-refractivity contribution in [3.8, 4) is 34.1 Å². The third-order valence-corrected chi connectivity index (χ3v) is 6.35. The Bertz CT molecular complexity index is 1120. The molecule has 0 fully saturated rings. The fourth-order valence-corrected chi connectivity index (χ4v) is 4.67. The monoisotopic (exact) mass is 393 g/mol. The Hall–Kier alpha value is -2.92. The number of hydrogen-bond acceptors (Lipinski definition) is 5. The van der Waals surface area contributed by atoms with Crippen LogP contribution in [-0.2, 0) is 6.42 Å². The number of fused-ring (bicyclic) bond motifs is 2. The zero-order chi connectivity index (χ0) is 21.0. The first-order chi connectivity index (χ1) is 13.7. The Balaban J connectivity index is 2.11. The molecule has 1 heterocycles. The molecule has 0 amide bonds. The molecule has 1 aliphatic heterocycles. The van der Waals surface area contributed by atoms with E-state index >= 15 is 0 Å². The molecule has 1 aliphatic rings. The van der Waals surface area contributed by atoms with E-state index in [-0.39, 0.29) is 29.3 Å². The van der Waals surface area contributed by atoms with Gasteiger partial charge in [-0.3, -0.25) is 4.90 Å². The normalized spacial score (nSPS) is 19.3. The number of phenolic OH excluding ortho intramolecular Hbond substituents is 3. The molecule has 2 atom stereocenters. The summed E-state index contributed by atoms with van der Waals surface area (Å²) in [5.74, 6) is 0.879. The number of hydrogen-bond donors (Lipinski definition) is 3. The summed E-state index contributed by atoms with van der Waals surface area (Å²) in [4.78, 5) is 2.23. The summed E-state index contributed by atoms with van der Waals surface area (Å²) in [7, 11) is 3.63. The van der Waals surface area contributed by atoms with E-state index in [4.69, 9.17) is 4.74 Å². The van der Waals surface area contributed by atoms with E-state index < -0.39 is 0 Å². The molecule has 0 spiro atoms. The van der Waals surface area contributed by atoms with Crippen LogP contribution >= 0.6 is 0 Å². The second kappa shape index (κ2) is 6.85. The van der Waals surface area contributed by atoms with Crippen LogP contribution in [0.25, 0.3) is 21.9 Å². The van der Waals surface area contributed by atoms with Crippen LogP contribution in [0.1, 0.15) is 36.6 Å². The molecule has 0 aliphatic carbocycles. The summed E-state index contributed by atoms with van der Waals surface area (Å²) in [5, 5.41) is 33.5. The molecule has 3 aromatic rings. The second-order valence-electron chi connectivity index (χ2n) is 8.10. The zero-order valence-electron chi connectivity index (χ0n) is 17.4.